The number of rotatable bonds is 5. The highest BCUT2D eigenvalue weighted by Crippen LogP contribution is 2.23. The number of benzene rings is 1. The number of carbonyl (C=O) groups excluding carboxylic acids is 1. The van der Waals surface area contributed by atoms with Crippen molar-refractivity contribution in [3.05, 3.63) is 42.0 Å². The second-order valence-electron chi connectivity index (χ2n) is 6.47. The molecule has 118 valence electrons. The van der Waals surface area contributed by atoms with Gasteiger partial charge in [0, 0.05) is 19.9 Å². The van der Waals surface area contributed by atoms with Crippen molar-refractivity contribution >= 4 is 5.91 Å². The molecular formula is C17H24N4O. The van der Waals surface area contributed by atoms with Crippen LogP contribution in [0.25, 0.3) is 5.69 Å². The molecule has 22 heavy (non-hydrogen) atoms. The first-order valence-corrected chi connectivity index (χ1v) is 7.62. The van der Waals surface area contributed by atoms with Gasteiger partial charge in [0.2, 0.25) is 5.91 Å². The van der Waals surface area contributed by atoms with Crippen LogP contribution in [-0.4, -0.2) is 27.2 Å². The van der Waals surface area contributed by atoms with Crippen LogP contribution in [0.3, 0.4) is 0 Å². The molecule has 0 spiro atoms. The molecule has 2 rings (SSSR count). The zero-order valence-electron chi connectivity index (χ0n) is 13.8. The Bertz CT molecular complexity index is 623. The van der Waals surface area contributed by atoms with Crippen molar-refractivity contribution in [2.24, 2.45) is 0 Å². The van der Waals surface area contributed by atoms with E-state index in [1.54, 1.807) is 6.33 Å². The maximum atomic E-state index is 10.9. The fourth-order valence-corrected chi connectivity index (χ4v) is 2.27. The molecule has 5 nitrogen and oxygen atoms in total. The van der Waals surface area contributed by atoms with E-state index in [9.17, 15) is 4.79 Å². The lowest BCUT2D eigenvalue weighted by Crippen LogP contribution is -2.21. The van der Waals surface area contributed by atoms with E-state index in [1.165, 1.54) is 12.5 Å². The molecule has 0 bridgehead atoms. The summed E-state index contributed by atoms with van der Waals surface area (Å²) in [5.41, 5.74) is 2.45. The van der Waals surface area contributed by atoms with E-state index < -0.39 is 0 Å². The minimum atomic E-state index is -0.000708. The quantitative estimate of drug-likeness (QED) is 0.864. The van der Waals surface area contributed by atoms with Crippen molar-refractivity contribution in [1.29, 1.82) is 0 Å². The summed E-state index contributed by atoms with van der Waals surface area (Å²) in [6, 6.07) is 8.43. The Kier molecular flexibility index (Phi) is 4.96. The second-order valence-corrected chi connectivity index (χ2v) is 6.47. The standard InChI is InChI=1S/C17H24N4O/c1-13(22)18-11-5-6-16-19-12-20-21(16)15-9-7-14(8-10-15)17(2,3)4/h7-10,12H,5-6,11H2,1-4H3,(H,18,22). The van der Waals surface area contributed by atoms with E-state index in [-0.39, 0.29) is 11.3 Å². The van der Waals surface area contributed by atoms with Crippen molar-refractivity contribution in [3.8, 4) is 5.69 Å². The van der Waals surface area contributed by atoms with E-state index >= 15 is 0 Å². The number of carbonyl (C=O) groups is 1. The van der Waals surface area contributed by atoms with Crippen molar-refractivity contribution < 1.29 is 4.79 Å². The Hall–Kier alpha value is -2.17. The van der Waals surface area contributed by atoms with Gasteiger partial charge >= 0.3 is 0 Å². The zero-order chi connectivity index (χ0) is 16.2. The average Bonchev–Trinajstić information content (AvgIpc) is 2.91. The van der Waals surface area contributed by atoms with E-state index in [2.05, 4.69) is 60.4 Å². The van der Waals surface area contributed by atoms with Crippen molar-refractivity contribution in [1.82, 2.24) is 20.1 Å². The van der Waals surface area contributed by atoms with Crippen LogP contribution in [0.15, 0.2) is 30.6 Å². The molecule has 0 aliphatic rings. The van der Waals surface area contributed by atoms with Gasteiger partial charge in [-0.05, 0) is 29.5 Å². The summed E-state index contributed by atoms with van der Waals surface area (Å²) in [5, 5.41) is 7.11. The maximum absolute atomic E-state index is 10.9. The number of hydrogen-bond acceptors (Lipinski definition) is 3. The lowest BCUT2D eigenvalue weighted by atomic mass is 9.87. The smallest absolute Gasteiger partial charge is 0.216 e. The summed E-state index contributed by atoms with van der Waals surface area (Å²) in [4.78, 5) is 15.2. The summed E-state index contributed by atoms with van der Waals surface area (Å²) in [6.45, 7) is 8.78. The molecule has 1 heterocycles. The fourth-order valence-electron chi connectivity index (χ4n) is 2.27. The fraction of sp³-hybridized carbons (Fsp3) is 0.471. The van der Waals surface area contributed by atoms with E-state index in [0.717, 1.165) is 24.4 Å². The molecule has 0 atom stereocenters. The van der Waals surface area contributed by atoms with Crippen molar-refractivity contribution in [3.63, 3.8) is 0 Å². The Morgan fingerprint density at radius 3 is 2.50 bits per heavy atom. The monoisotopic (exact) mass is 300 g/mol. The molecule has 0 unspecified atom stereocenters. The normalized spacial score (nSPS) is 11.5. The Balaban J connectivity index is 2.07. The first-order valence-electron chi connectivity index (χ1n) is 7.62. The number of aryl methyl sites for hydroxylation is 1. The number of nitrogens with one attached hydrogen (secondary N) is 1. The van der Waals surface area contributed by atoms with Crippen LogP contribution in [0.4, 0.5) is 0 Å². The third-order valence-corrected chi connectivity index (χ3v) is 3.55. The summed E-state index contributed by atoms with van der Waals surface area (Å²) < 4.78 is 1.86. The molecule has 0 fully saturated rings. The van der Waals surface area contributed by atoms with Gasteiger partial charge in [-0.15, -0.1) is 0 Å². The molecule has 0 saturated heterocycles. The van der Waals surface area contributed by atoms with E-state index in [0.29, 0.717) is 6.54 Å². The first kappa shape index (κ1) is 16.2. The summed E-state index contributed by atoms with van der Waals surface area (Å²) in [7, 11) is 0. The van der Waals surface area contributed by atoms with Crippen LogP contribution in [0, 0.1) is 0 Å². The molecule has 1 amide bonds. The molecule has 0 radical (unpaired) electrons. The van der Waals surface area contributed by atoms with Crippen LogP contribution < -0.4 is 5.32 Å². The Morgan fingerprint density at radius 2 is 1.91 bits per heavy atom. The molecule has 1 N–H and O–H groups in total. The van der Waals surface area contributed by atoms with E-state index in [4.69, 9.17) is 0 Å². The molecule has 1 aromatic heterocycles. The first-order chi connectivity index (χ1) is 10.4. The van der Waals surface area contributed by atoms with Crippen molar-refractivity contribution in [2.75, 3.05) is 6.54 Å². The SMILES string of the molecule is CC(=O)NCCCc1ncnn1-c1ccc(C(C)(C)C)cc1. The molecule has 0 aliphatic carbocycles. The number of amides is 1. The second kappa shape index (κ2) is 6.73. The molecule has 0 aliphatic heterocycles. The van der Waals surface area contributed by atoms with Gasteiger partial charge in [0.05, 0.1) is 5.69 Å². The largest absolute Gasteiger partial charge is 0.356 e. The highest BCUT2D eigenvalue weighted by atomic mass is 16.1. The maximum Gasteiger partial charge on any atom is 0.216 e. The minimum Gasteiger partial charge on any atom is -0.356 e. The minimum absolute atomic E-state index is 0.000708. The Morgan fingerprint density at radius 1 is 1.23 bits per heavy atom. The average molecular weight is 300 g/mol. The molecule has 0 saturated carbocycles. The van der Waals surface area contributed by atoms with Crippen molar-refractivity contribution in [2.45, 2.75) is 46.0 Å². The number of aromatic nitrogens is 3. The van der Waals surface area contributed by atoms with Gasteiger partial charge in [-0.25, -0.2) is 9.67 Å². The van der Waals surface area contributed by atoms with Gasteiger partial charge in [0.1, 0.15) is 12.2 Å². The number of hydrogen-bond donors (Lipinski definition) is 1. The lowest BCUT2D eigenvalue weighted by Gasteiger charge is -2.19. The van der Waals surface area contributed by atoms with Gasteiger partial charge < -0.3 is 5.32 Å². The highest BCUT2D eigenvalue weighted by Gasteiger charge is 2.14. The van der Waals surface area contributed by atoms with Crippen LogP contribution in [0.2, 0.25) is 0 Å². The summed E-state index contributed by atoms with van der Waals surface area (Å²) >= 11 is 0. The molecule has 1 aromatic carbocycles. The summed E-state index contributed by atoms with van der Waals surface area (Å²) in [5.74, 6) is 0.910. The van der Waals surface area contributed by atoms with Gasteiger partial charge in [-0.1, -0.05) is 32.9 Å². The topological polar surface area (TPSA) is 59.8 Å². The predicted molar refractivity (Wildman–Crippen MR) is 87.1 cm³/mol. The summed E-state index contributed by atoms with van der Waals surface area (Å²) in [6.07, 6.45) is 3.20. The lowest BCUT2D eigenvalue weighted by molar-refractivity contribution is -0.118. The third-order valence-electron chi connectivity index (χ3n) is 3.55. The van der Waals surface area contributed by atoms with Gasteiger partial charge in [-0.3, -0.25) is 4.79 Å². The highest BCUT2D eigenvalue weighted by molar-refractivity contribution is 5.72. The van der Waals surface area contributed by atoms with Crippen LogP contribution in [0.1, 0.15) is 45.5 Å². The molecule has 5 heteroatoms. The predicted octanol–water partition coefficient (Wildman–Crippen LogP) is 2.63. The van der Waals surface area contributed by atoms with Crippen LogP contribution in [-0.2, 0) is 16.6 Å². The third kappa shape index (κ3) is 4.16. The van der Waals surface area contributed by atoms with Crippen LogP contribution >= 0.6 is 0 Å². The number of nitrogens with zero attached hydrogens (tertiary/aromatic N) is 3. The molecule has 2 aromatic rings. The van der Waals surface area contributed by atoms with Gasteiger partial charge in [0.15, 0.2) is 0 Å². The molecular weight excluding hydrogens is 276 g/mol. The van der Waals surface area contributed by atoms with E-state index in [1.807, 2.05) is 4.68 Å². The van der Waals surface area contributed by atoms with Crippen LogP contribution in [0.5, 0.6) is 0 Å². The van der Waals surface area contributed by atoms with Gasteiger partial charge in [-0.2, -0.15) is 5.10 Å². The van der Waals surface area contributed by atoms with Gasteiger partial charge in [0.25, 0.3) is 0 Å². The Labute approximate surface area is 131 Å². The zero-order valence-corrected chi connectivity index (χ0v) is 13.8.